The monoisotopic (exact) mass is 385 g/mol. The van der Waals surface area contributed by atoms with Crippen LogP contribution in [0.25, 0.3) is 22.1 Å². The molecule has 0 spiro atoms. The van der Waals surface area contributed by atoms with Gasteiger partial charge in [0, 0.05) is 30.6 Å². The second-order valence-corrected chi connectivity index (χ2v) is 6.39. The van der Waals surface area contributed by atoms with Gasteiger partial charge in [0.05, 0.1) is 5.02 Å². The lowest BCUT2D eigenvalue weighted by Gasteiger charge is -2.19. The number of halogens is 1. The van der Waals surface area contributed by atoms with E-state index in [-0.39, 0.29) is 12.5 Å². The van der Waals surface area contributed by atoms with E-state index >= 15 is 0 Å². The number of nitrogens with zero attached hydrogens (tertiary/aromatic N) is 1. The standard InChI is InChI=1S/C21H20ClNO4/c1-3-23(4-2)20(24)13-26-19-12-18-16(10-17(19)22)15(11-21(25)27-18)14-8-6-5-7-9-14/h5-12H,3-4,13H2,1-2H3. The summed E-state index contributed by atoms with van der Waals surface area (Å²) in [5, 5.41) is 1.05. The Hall–Kier alpha value is -2.79. The summed E-state index contributed by atoms with van der Waals surface area (Å²) in [4.78, 5) is 25.8. The third kappa shape index (κ3) is 4.14. The number of rotatable bonds is 6. The van der Waals surface area contributed by atoms with Gasteiger partial charge in [-0.15, -0.1) is 0 Å². The molecule has 0 atom stereocenters. The van der Waals surface area contributed by atoms with E-state index in [9.17, 15) is 9.59 Å². The van der Waals surface area contributed by atoms with Crippen LogP contribution < -0.4 is 10.4 Å². The number of carbonyl (C=O) groups excluding carboxylic acids is 1. The van der Waals surface area contributed by atoms with E-state index in [1.165, 1.54) is 6.07 Å². The maximum atomic E-state index is 12.1. The van der Waals surface area contributed by atoms with E-state index in [0.717, 1.165) is 11.1 Å². The van der Waals surface area contributed by atoms with E-state index in [1.807, 2.05) is 44.2 Å². The molecule has 3 aromatic rings. The van der Waals surface area contributed by atoms with Crippen LogP contribution in [-0.4, -0.2) is 30.5 Å². The van der Waals surface area contributed by atoms with E-state index in [0.29, 0.717) is 34.8 Å². The Morgan fingerprint density at radius 2 is 1.81 bits per heavy atom. The number of likely N-dealkylation sites (N-methyl/N-ethyl adjacent to an activating group) is 1. The minimum absolute atomic E-state index is 0.129. The lowest BCUT2D eigenvalue weighted by molar-refractivity contribution is -0.132. The van der Waals surface area contributed by atoms with Gasteiger partial charge in [0.15, 0.2) is 6.61 Å². The van der Waals surface area contributed by atoms with Gasteiger partial charge < -0.3 is 14.1 Å². The van der Waals surface area contributed by atoms with E-state index in [4.69, 9.17) is 20.8 Å². The topological polar surface area (TPSA) is 59.8 Å². The first kappa shape index (κ1) is 19.0. The number of carbonyl (C=O) groups is 1. The molecule has 1 heterocycles. The van der Waals surface area contributed by atoms with Crippen LogP contribution in [0.2, 0.25) is 5.02 Å². The third-order valence-corrected chi connectivity index (χ3v) is 4.64. The molecule has 2 aromatic carbocycles. The van der Waals surface area contributed by atoms with Gasteiger partial charge >= 0.3 is 5.63 Å². The summed E-state index contributed by atoms with van der Waals surface area (Å²) in [5.74, 6) is 0.175. The molecule has 0 fully saturated rings. The first-order valence-electron chi connectivity index (χ1n) is 8.76. The molecule has 5 nitrogen and oxygen atoms in total. The highest BCUT2D eigenvalue weighted by Crippen LogP contribution is 2.34. The average Bonchev–Trinajstić information content (AvgIpc) is 2.68. The summed E-state index contributed by atoms with van der Waals surface area (Å²) in [6.45, 7) is 4.91. The zero-order chi connectivity index (χ0) is 19.4. The Labute approximate surface area is 162 Å². The van der Waals surface area contributed by atoms with Crippen LogP contribution in [-0.2, 0) is 4.79 Å². The van der Waals surface area contributed by atoms with Crippen LogP contribution in [0.3, 0.4) is 0 Å². The van der Waals surface area contributed by atoms with Crippen molar-refractivity contribution in [2.45, 2.75) is 13.8 Å². The minimum atomic E-state index is -0.464. The summed E-state index contributed by atoms with van der Waals surface area (Å²) in [6, 6.07) is 14.2. The fraction of sp³-hybridized carbons (Fsp3) is 0.238. The first-order valence-corrected chi connectivity index (χ1v) is 9.14. The molecule has 0 saturated carbocycles. The molecule has 0 aliphatic heterocycles. The summed E-state index contributed by atoms with van der Waals surface area (Å²) in [7, 11) is 0. The van der Waals surface area contributed by atoms with Gasteiger partial charge in [-0.1, -0.05) is 41.9 Å². The Balaban J connectivity index is 1.98. The largest absolute Gasteiger partial charge is 0.482 e. The van der Waals surface area contributed by atoms with Crippen molar-refractivity contribution in [3.05, 3.63) is 64.0 Å². The molecule has 0 aliphatic carbocycles. The molecule has 6 heteroatoms. The Kier molecular flexibility index (Phi) is 5.81. The molecule has 3 rings (SSSR count). The zero-order valence-corrected chi connectivity index (χ0v) is 16.0. The fourth-order valence-corrected chi connectivity index (χ4v) is 3.16. The van der Waals surface area contributed by atoms with E-state index in [1.54, 1.807) is 17.0 Å². The van der Waals surface area contributed by atoms with Crippen LogP contribution in [0.15, 0.2) is 57.7 Å². The van der Waals surface area contributed by atoms with Crippen molar-refractivity contribution in [2.75, 3.05) is 19.7 Å². The Bertz CT molecular complexity index is 1010. The van der Waals surface area contributed by atoms with Crippen molar-refractivity contribution < 1.29 is 13.9 Å². The summed E-state index contributed by atoms with van der Waals surface area (Å²) in [5.41, 5.74) is 1.51. The Morgan fingerprint density at radius 3 is 2.48 bits per heavy atom. The highest BCUT2D eigenvalue weighted by Gasteiger charge is 2.15. The van der Waals surface area contributed by atoms with Crippen LogP contribution in [0.5, 0.6) is 5.75 Å². The van der Waals surface area contributed by atoms with Gasteiger partial charge in [0.2, 0.25) is 0 Å². The highest BCUT2D eigenvalue weighted by molar-refractivity contribution is 6.33. The molecular formula is C21H20ClNO4. The van der Waals surface area contributed by atoms with Gasteiger partial charge in [-0.25, -0.2) is 4.79 Å². The quantitative estimate of drug-likeness (QED) is 0.591. The molecule has 0 N–H and O–H groups in total. The molecular weight excluding hydrogens is 366 g/mol. The average molecular weight is 386 g/mol. The second kappa shape index (κ2) is 8.27. The highest BCUT2D eigenvalue weighted by atomic mass is 35.5. The van der Waals surface area contributed by atoms with Crippen molar-refractivity contribution >= 4 is 28.5 Å². The molecule has 27 heavy (non-hydrogen) atoms. The molecule has 1 aromatic heterocycles. The van der Waals surface area contributed by atoms with Gasteiger partial charge in [0.25, 0.3) is 5.91 Å². The number of amides is 1. The van der Waals surface area contributed by atoms with Crippen molar-refractivity contribution in [3.63, 3.8) is 0 Å². The van der Waals surface area contributed by atoms with Crippen molar-refractivity contribution in [2.24, 2.45) is 0 Å². The SMILES string of the molecule is CCN(CC)C(=O)COc1cc2oc(=O)cc(-c3ccccc3)c2cc1Cl. The maximum absolute atomic E-state index is 12.1. The second-order valence-electron chi connectivity index (χ2n) is 5.98. The van der Waals surface area contributed by atoms with Crippen LogP contribution in [0.1, 0.15) is 13.8 Å². The molecule has 0 saturated heterocycles. The summed E-state index contributed by atoms with van der Waals surface area (Å²) < 4.78 is 10.9. The number of ether oxygens (including phenoxy) is 1. The maximum Gasteiger partial charge on any atom is 0.336 e. The van der Waals surface area contributed by atoms with Gasteiger partial charge in [-0.05, 0) is 31.0 Å². The van der Waals surface area contributed by atoms with Gasteiger partial charge in [-0.3, -0.25) is 4.79 Å². The lowest BCUT2D eigenvalue weighted by atomic mass is 10.0. The summed E-state index contributed by atoms with van der Waals surface area (Å²) >= 11 is 6.36. The number of benzene rings is 2. The molecule has 1 amide bonds. The molecule has 0 radical (unpaired) electrons. The van der Waals surface area contributed by atoms with Crippen molar-refractivity contribution in [3.8, 4) is 16.9 Å². The van der Waals surface area contributed by atoms with Crippen molar-refractivity contribution in [1.29, 1.82) is 0 Å². The minimum Gasteiger partial charge on any atom is -0.482 e. The molecule has 140 valence electrons. The van der Waals surface area contributed by atoms with Crippen LogP contribution in [0, 0.1) is 0 Å². The zero-order valence-electron chi connectivity index (χ0n) is 15.2. The Morgan fingerprint density at radius 1 is 1.11 bits per heavy atom. The van der Waals surface area contributed by atoms with Gasteiger partial charge in [0.1, 0.15) is 11.3 Å². The third-order valence-electron chi connectivity index (χ3n) is 4.35. The lowest BCUT2D eigenvalue weighted by Crippen LogP contribution is -2.34. The fourth-order valence-electron chi connectivity index (χ4n) is 2.94. The van der Waals surface area contributed by atoms with Crippen LogP contribution >= 0.6 is 11.6 Å². The molecule has 0 unspecified atom stereocenters. The number of fused-ring (bicyclic) bond motifs is 1. The smallest absolute Gasteiger partial charge is 0.336 e. The van der Waals surface area contributed by atoms with Crippen molar-refractivity contribution in [1.82, 2.24) is 4.90 Å². The van der Waals surface area contributed by atoms with Crippen LogP contribution in [0.4, 0.5) is 0 Å². The summed E-state index contributed by atoms with van der Waals surface area (Å²) in [6.07, 6.45) is 0. The molecule has 0 bridgehead atoms. The van der Waals surface area contributed by atoms with E-state index < -0.39 is 5.63 Å². The number of hydrogen-bond donors (Lipinski definition) is 0. The normalized spacial score (nSPS) is 10.8. The molecule has 0 aliphatic rings. The number of hydrogen-bond acceptors (Lipinski definition) is 4. The predicted octanol–water partition coefficient (Wildman–Crippen LogP) is 4.36. The van der Waals surface area contributed by atoms with Gasteiger partial charge in [-0.2, -0.15) is 0 Å². The first-order chi connectivity index (χ1) is 13.0. The predicted molar refractivity (Wildman–Crippen MR) is 106 cm³/mol. The van der Waals surface area contributed by atoms with E-state index in [2.05, 4.69) is 0 Å².